The molecule has 1 saturated heterocycles. The third-order valence-electron chi connectivity index (χ3n) is 3.93. The van der Waals surface area contributed by atoms with Gasteiger partial charge in [0, 0.05) is 24.7 Å². The van der Waals surface area contributed by atoms with Crippen LogP contribution in [0, 0.1) is 0 Å². The Bertz CT molecular complexity index is 419. The molecular weight excluding hydrogens is 248 g/mol. The van der Waals surface area contributed by atoms with E-state index in [0.29, 0.717) is 12.6 Å². The first-order chi connectivity index (χ1) is 9.85. The summed E-state index contributed by atoms with van der Waals surface area (Å²) < 4.78 is 5.68. The van der Waals surface area contributed by atoms with Crippen molar-refractivity contribution in [3.8, 4) is 5.75 Å². The molecule has 0 spiro atoms. The summed E-state index contributed by atoms with van der Waals surface area (Å²) in [4.78, 5) is 2.56. The highest BCUT2D eigenvalue weighted by Gasteiger charge is 2.22. The van der Waals surface area contributed by atoms with Crippen LogP contribution in [0.3, 0.4) is 0 Å². The summed E-state index contributed by atoms with van der Waals surface area (Å²) in [7, 11) is 0. The molecule has 0 amide bonds. The number of likely N-dealkylation sites (tertiary alicyclic amines) is 1. The molecular formula is C17H26N2O. The predicted molar refractivity (Wildman–Crippen MR) is 84.1 cm³/mol. The van der Waals surface area contributed by atoms with Crippen LogP contribution in [0.4, 0.5) is 0 Å². The highest BCUT2D eigenvalue weighted by molar-refractivity contribution is 5.33. The molecule has 1 heterocycles. The molecule has 1 aromatic rings. The Morgan fingerprint density at radius 2 is 2.30 bits per heavy atom. The first kappa shape index (κ1) is 15.1. The zero-order chi connectivity index (χ0) is 14.2. The van der Waals surface area contributed by atoms with Gasteiger partial charge in [-0.2, -0.15) is 0 Å². The molecule has 110 valence electrons. The maximum Gasteiger partial charge on any atom is 0.124 e. The molecule has 0 saturated carbocycles. The van der Waals surface area contributed by atoms with Crippen LogP contribution in [-0.4, -0.2) is 37.2 Å². The van der Waals surface area contributed by atoms with Crippen molar-refractivity contribution >= 4 is 0 Å². The average Bonchev–Trinajstić information content (AvgIpc) is 2.94. The molecule has 0 aliphatic carbocycles. The zero-order valence-corrected chi connectivity index (χ0v) is 12.5. The Kier molecular flexibility index (Phi) is 6.09. The van der Waals surface area contributed by atoms with Crippen LogP contribution in [0.1, 0.15) is 25.3 Å². The fraction of sp³-hybridized carbons (Fsp3) is 0.529. The second kappa shape index (κ2) is 8.08. The standard InChI is InChI=1S/C17H26N2O/c1-3-12-20-17-10-6-5-8-15(17)13-18-14-16-9-7-11-19(16)4-2/h3,5-6,8,10,16,18H,1,4,7,9,11-14H2,2H3. The van der Waals surface area contributed by atoms with Gasteiger partial charge in [0.2, 0.25) is 0 Å². The molecule has 1 aliphatic rings. The molecule has 1 fully saturated rings. The van der Waals surface area contributed by atoms with Crippen LogP contribution in [0.5, 0.6) is 5.75 Å². The van der Waals surface area contributed by atoms with Crippen molar-refractivity contribution in [2.24, 2.45) is 0 Å². The second-order valence-corrected chi connectivity index (χ2v) is 5.26. The van der Waals surface area contributed by atoms with Crippen LogP contribution < -0.4 is 10.1 Å². The second-order valence-electron chi connectivity index (χ2n) is 5.26. The van der Waals surface area contributed by atoms with E-state index in [1.165, 1.54) is 24.9 Å². The molecule has 20 heavy (non-hydrogen) atoms. The van der Waals surface area contributed by atoms with Crippen molar-refractivity contribution in [1.29, 1.82) is 0 Å². The summed E-state index contributed by atoms with van der Waals surface area (Å²) in [5.74, 6) is 0.957. The van der Waals surface area contributed by atoms with Crippen LogP contribution in [0.2, 0.25) is 0 Å². The van der Waals surface area contributed by atoms with E-state index in [0.717, 1.165) is 25.4 Å². The molecule has 1 atom stereocenters. The van der Waals surface area contributed by atoms with Crippen molar-refractivity contribution in [1.82, 2.24) is 10.2 Å². The Labute approximate surface area is 122 Å². The minimum atomic E-state index is 0.559. The van der Waals surface area contributed by atoms with E-state index in [9.17, 15) is 0 Å². The number of nitrogens with zero attached hydrogens (tertiary/aromatic N) is 1. The normalized spacial score (nSPS) is 19.1. The van der Waals surface area contributed by atoms with Gasteiger partial charge in [-0.05, 0) is 32.0 Å². The number of nitrogens with one attached hydrogen (secondary N) is 1. The Hall–Kier alpha value is -1.32. The van der Waals surface area contributed by atoms with Gasteiger partial charge in [-0.25, -0.2) is 0 Å². The molecule has 1 unspecified atom stereocenters. The molecule has 2 rings (SSSR count). The van der Waals surface area contributed by atoms with E-state index in [-0.39, 0.29) is 0 Å². The summed E-state index contributed by atoms with van der Waals surface area (Å²) in [5, 5.41) is 3.58. The van der Waals surface area contributed by atoms with Gasteiger partial charge < -0.3 is 10.1 Å². The fourth-order valence-corrected chi connectivity index (χ4v) is 2.86. The van der Waals surface area contributed by atoms with Gasteiger partial charge in [0.15, 0.2) is 0 Å². The van der Waals surface area contributed by atoms with Crippen LogP contribution in [0.25, 0.3) is 0 Å². The quantitative estimate of drug-likeness (QED) is 0.738. The van der Waals surface area contributed by atoms with Gasteiger partial charge in [0.1, 0.15) is 12.4 Å². The van der Waals surface area contributed by atoms with E-state index in [2.05, 4.69) is 35.9 Å². The van der Waals surface area contributed by atoms with Gasteiger partial charge in [0.05, 0.1) is 0 Å². The average molecular weight is 274 g/mol. The lowest BCUT2D eigenvalue weighted by atomic mass is 10.2. The highest BCUT2D eigenvalue weighted by Crippen LogP contribution is 2.19. The van der Waals surface area contributed by atoms with Gasteiger partial charge in [-0.15, -0.1) is 0 Å². The van der Waals surface area contributed by atoms with E-state index < -0.39 is 0 Å². The van der Waals surface area contributed by atoms with Gasteiger partial charge >= 0.3 is 0 Å². The molecule has 3 nitrogen and oxygen atoms in total. The van der Waals surface area contributed by atoms with Crippen molar-refractivity contribution in [3.05, 3.63) is 42.5 Å². The van der Waals surface area contributed by atoms with Gasteiger partial charge in [0.25, 0.3) is 0 Å². The summed E-state index contributed by atoms with van der Waals surface area (Å²) in [6, 6.07) is 8.91. The minimum absolute atomic E-state index is 0.559. The van der Waals surface area contributed by atoms with E-state index >= 15 is 0 Å². The molecule has 1 aliphatic heterocycles. The molecule has 0 bridgehead atoms. The first-order valence-corrected chi connectivity index (χ1v) is 7.61. The molecule has 0 radical (unpaired) electrons. The number of ether oxygens (including phenoxy) is 1. The maximum absolute atomic E-state index is 5.68. The fourth-order valence-electron chi connectivity index (χ4n) is 2.86. The number of rotatable bonds is 8. The number of hydrogen-bond donors (Lipinski definition) is 1. The monoisotopic (exact) mass is 274 g/mol. The third-order valence-corrected chi connectivity index (χ3v) is 3.93. The Balaban J connectivity index is 1.83. The SMILES string of the molecule is C=CCOc1ccccc1CNCC1CCCN1CC. The number of likely N-dealkylation sites (N-methyl/N-ethyl adjacent to an activating group) is 1. The van der Waals surface area contributed by atoms with E-state index in [1.807, 2.05) is 12.1 Å². The topological polar surface area (TPSA) is 24.5 Å². The largest absolute Gasteiger partial charge is 0.489 e. The highest BCUT2D eigenvalue weighted by atomic mass is 16.5. The molecule has 1 N–H and O–H groups in total. The third kappa shape index (κ3) is 4.09. The van der Waals surface area contributed by atoms with Crippen LogP contribution in [-0.2, 0) is 6.54 Å². The van der Waals surface area contributed by atoms with Crippen LogP contribution >= 0.6 is 0 Å². The summed E-state index contributed by atoms with van der Waals surface area (Å²) in [5.41, 5.74) is 1.22. The summed E-state index contributed by atoms with van der Waals surface area (Å²) >= 11 is 0. The summed E-state index contributed by atoms with van der Waals surface area (Å²) in [6.45, 7) is 10.8. The van der Waals surface area contributed by atoms with Crippen molar-refractivity contribution in [2.75, 3.05) is 26.2 Å². The van der Waals surface area contributed by atoms with Crippen LogP contribution in [0.15, 0.2) is 36.9 Å². The number of para-hydroxylation sites is 1. The maximum atomic E-state index is 5.68. The summed E-state index contributed by atoms with van der Waals surface area (Å²) in [6.07, 6.45) is 4.43. The van der Waals surface area contributed by atoms with Crippen molar-refractivity contribution in [3.63, 3.8) is 0 Å². The van der Waals surface area contributed by atoms with Gasteiger partial charge in [-0.1, -0.05) is 37.8 Å². The Morgan fingerprint density at radius 1 is 1.45 bits per heavy atom. The Morgan fingerprint density at radius 3 is 3.10 bits per heavy atom. The lowest BCUT2D eigenvalue weighted by molar-refractivity contribution is 0.259. The minimum Gasteiger partial charge on any atom is -0.489 e. The predicted octanol–water partition coefficient (Wildman–Crippen LogP) is 2.83. The number of benzene rings is 1. The molecule has 0 aromatic heterocycles. The lowest BCUT2D eigenvalue weighted by Crippen LogP contribution is -2.37. The van der Waals surface area contributed by atoms with Crippen molar-refractivity contribution < 1.29 is 4.74 Å². The van der Waals surface area contributed by atoms with Gasteiger partial charge in [-0.3, -0.25) is 4.90 Å². The molecule has 1 aromatic carbocycles. The van der Waals surface area contributed by atoms with E-state index in [1.54, 1.807) is 6.08 Å². The van der Waals surface area contributed by atoms with Crippen molar-refractivity contribution in [2.45, 2.75) is 32.4 Å². The smallest absolute Gasteiger partial charge is 0.124 e. The van der Waals surface area contributed by atoms with E-state index in [4.69, 9.17) is 4.74 Å². The molecule has 3 heteroatoms. The first-order valence-electron chi connectivity index (χ1n) is 7.61. The number of hydrogen-bond acceptors (Lipinski definition) is 3. The zero-order valence-electron chi connectivity index (χ0n) is 12.5. The lowest BCUT2D eigenvalue weighted by Gasteiger charge is -2.23.